The Hall–Kier alpha value is -0.610. The van der Waals surface area contributed by atoms with E-state index in [1.54, 1.807) is 17.1 Å². The van der Waals surface area contributed by atoms with Gasteiger partial charge in [-0.25, -0.2) is 8.42 Å². The number of hydrogen-bond donors (Lipinski definition) is 0. The van der Waals surface area contributed by atoms with Crippen molar-refractivity contribution in [2.75, 3.05) is 0 Å². The molecule has 0 bridgehead atoms. The number of sulfone groups is 1. The van der Waals surface area contributed by atoms with Crippen LogP contribution in [0.15, 0.2) is 39.7 Å². The van der Waals surface area contributed by atoms with Gasteiger partial charge < -0.3 is 0 Å². The molecule has 0 N–H and O–H groups in total. The zero-order chi connectivity index (χ0) is 11.1. The monoisotopic (exact) mass is 286 g/mol. The standard InChI is InChI=1S/C11H11BrO2S/c1-8-2-4-10(5-3-8)15(13,14)11-6-9(11)7-12/h2-5,7,11H,6H2,1H3. The average molecular weight is 287 g/mol. The molecule has 0 spiro atoms. The van der Waals surface area contributed by atoms with Gasteiger partial charge >= 0.3 is 0 Å². The van der Waals surface area contributed by atoms with Crippen molar-refractivity contribution in [3.05, 3.63) is 40.4 Å². The summed E-state index contributed by atoms with van der Waals surface area (Å²) in [7, 11) is -3.14. The summed E-state index contributed by atoms with van der Waals surface area (Å²) >= 11 is 3.17. The van der Waals surface area contributed by atoms with Crippen LogP contribution in [-0.4, -0.2) is 13.7 Å². The Morgan fingerprint density at radius 3 is 2.40 bits per heavy atom. The highest BCUT2D eigenvalue weighted by molar-refractivity contribution is 9.11. The van der Waals surface area contributed by atoms with Gasteiger partial charge in [-0.3, -0.25) is 0 Å². The molecule has 80 valence electrons. The van der Waals surface area contributed by atoms with Crippen molar-refractivity contribution in [2.45, 2.75) is 23.5 Å². The molecule has 15 heavy (non-hydrogen) atoms. The Balaban J connectivity index is 2.35. The number of benzene rings is 1. The minimum atomic E-state index is -3.14. The van der Waals surface area contributed by atoms with Crippen molar-refractivity contribution in [3.8, 4) is 0 Å². The predicted molar refractivity (Wildman–Crippen MR) is 63.8 cm³/mol. The van der Waals surface area contributed by atoms with Crippen LogP contribution in [-0.2, 0) is 9.84 Å². The number of rotatable bonds is 2. The molecule has 2 nitrogen and oxygen atoms in total. The minimum absolute atomic E-state index is 0.306. The fourth-order valence-electron chi connectivity index (χ4n) is 1.47. The van der Waals surface area contributed by atoms with E-state index in [9.17, 15) is 8.42 Å². The first kappa shape index (κ1) is 10.9. The van der Waals surface area contributed by atoms with Crippen LogP contribution in [0.25, 0.3) is 0 Å². The van der Waals surface area contributed by atoms with E-state index >= 15 is 0 Å². The lowest BCUT2D eigenvalue weighted by Gasteiger charge is -2.01. The molecule has 1 aliphatic rings. The first-order valence-electron chi connectivity index (χ1n) is 4.65. The molecule has 1 unspecified atom stereocenters. The number of aryl methyl sites for hydroxylation is 1. The topological polar surface area (TPSA) is 34.1 Å². The summed E-state index contributed by atoms with van der Waals surface area (Å²) in [6.45, 7) is 1.94. The van der Waals surface area contributed by atoms with Crippen LogP contribution < -0.4 is 0 Å². The summed E-state index contributed by atoms with van der Waals surface area (Å²) in [5.74, 6) is 0. The van der Waals surface area contributed by atoms with Crippen molar-refractivity contribution in [2.24, 2.45) is 0 Å². The highest BCUT2D eigenvalue weighted by Crippen LogP contribution is 2.40. The van der Waals surface area contributed by atoms with E-state index in [0.29, 0.717) is 11.3 Å². The van der Waals surface area contributed by atoms with Crippen LogP contribution in [0.1, 0.15) is 12.0 Å². The lowest BCUT2D eigenvalue weighted by Crippen LogP contribution is -2.07. The largest absolute Gasteiger partial charge is 0.223 e. The van der Waals surface area contributed by atoms with Crippen molar-refractivity contribution < 1.29 is 8.42 Å². The third-order valence-electron chi connectivity index (χ3n) is 2.54. The van der Waals surface area contributed by atoms with Crippen LogP contribution in [0.5, 0.6) is 0 Å². The third-order valence-corrected chi connectivity index (χ3v) is 5.27. The van der Waals surface area contributed by atoms with E-state index in [4.69, 9.17) is 0 Å². The maximum Gasteiger partial charge on any atom is 0.185 e. The molecule has 4 heteroatoms. The molecule has 0 saturated heterocycles. The average Bonchev–Trinajstić information content (AvgIpc) is 2.98. The Morgan fingerprint density at radius 1 is 1.33 bits per heavy atom. The summed E-state index contributed by atoms with van der Waals surface area (Å²) < 4.78 is 24.0. The maximum absolute atomic E-state index is 12.0. The van der Waals surface area contributed by atoms with Crippen molar-refractivity contribution in [1.29, 1.82) is 0 Å². The van der Waals surface area contributed by atoms with Crippen molar-refractivity contribution in [3.63, 3.8) is 0 Å². The van der Waals surface area contributed by atoms with E-state index in [0.717, 1.165) is 11.1 Å². The first-order chi connectivity index (χ1) is 7.05. The second kappa shape index (κ2) is 3.76. The SMILES string of the molecule is Cc1ccc(S(=O)(=O)C2CC2=CBr)cc1. The van der Waals surface area contributed by atoms with Gasteiger partial charge in [-0.2, -0.15) is 0 Å². The predicted octanol–water partition coefficient (Wildman–Crippen LogP) is 2.82. The molecule has 0 aliphatic heterocycles. The molecule has 1 aromatic carbocycles. The van der Waals surface area contributed by atoms with Gasteiger partial charge in [-0.05, 0) is 36.0 Å². The molecule has 1 aromatic rings. The third kappa shape index (κ3) is 2.01. The number of hydrogen-bond acceptors (Lipinski definition) is 2. The molecule has 0 amide bonds. The highest BCUT2D eigenvalue weighted by Gasteiger charge is 2.42. The molecule has 0 heterocycles. The molecular weight excluding hydrogens is 276 g/mol. The Bertz CT molecular complexity index is 500. The van der Waals surface area contributed by atoms with Gasteiger partial charge in [0.2, 0.25) is 0 Å². The lowest BCUT2D eigenvalue weighted by atomic mass is 10.2. The number of halogens is 1. The molecule has 2 rings (SSSR count). The van der Waals surface area contributed by atoms with E-state index < -0.39 is 9.84 Å². The Labute approximate surface area is 98.1 Å². The zero-order valence-corrected chi connectivity index (χ0v) is 10.7. The van der Waals surface area contributed by atoms with Gasteiger partial charge in [0.25, 0.3) is 0 Å². The zero-order valence-electron chi connectivity index (χ0n) is 8.27. The van der Waals surface area contributed by atoms with Gasteiger partial charge in [0.15, 0.2) is 9.84 Å². The summed E-state index contributed by atoms with van der Waals surface area (Å²) in [5.41, 5.74) is 2.02. The molecule has 1 aliphatic carbocycles. The second-order valence-corrected chi connectivity index (χ2v) is 6.32. The first-order valence-corrected chi connectivity index (χ1v) is 7.11. The summed E-state index contributed by atoms with van der Waals surface area (Å²) in [4.78, 5) is 2.13. The highest BCUT2D eigenvalue weighted by atomic mass is 79.9. The normalized spacial score (nSPS) is 23.1. The van der Waals surface area contributed by atoms with Crippen LogP contribution in [0, 0.1) is 6.92 Å². The van der Waals surface area contributed by atoms with Gasteiger partial charge in [-0.15, -0.1) is 0 Å². The van der Waals surface area contributed by atoms with Crippen molar-refractivity contribution in [1.82, 2.24) is 0 Å². The molecule has 1 atom stereocenters. The molecule has 0 aromatic heterocycles. The van der Waals surface area contributed by atoms with E-state index in [1.165, 1.54) is 0 Å². The smallest absolute Gasteiger partial charge is 0.185 e. The maximum atomic E-state index is 12.0. The quantitative estimate of drug-likeness (QED) is 0.838. The molecule has 1 fully saturated rings. The van der Waals surface area contributed by atoms with E-state index in [-0.39, 0.29) is 5.25 Å². The van der Waals surface area contributed by atoms with Crippen molar-refractivity contribution >= 4 is 25.8 Å². The summed E-state index contributed by atoms with van der Waals surface area (Å²) in [6, 6.07) is 7.00. The van der Waals surface area contributed by atoms with Crippen LogP contribution in [0.3, 0.4) is 0 Å². The summed E-state index contributed by atoms with van der Waals surface area (Å²) in [5, 5.41) is -0.306. The van der Waals surface area contributed by atoms with Gasteiger partial charge in [0, 0.05) is 0 Å². The summed E-state index contributed by atoms with van der Waals surface area (Å²) in [6.07, 6.45) is 0.654. The Morgan fingerprint density at radius 2 is 1.93 bits per heavy atom. The van der Waals surface area contributed by atoms with Gasteiger partial charge in [0.05, 0.1) is 10.1 Å². The Kier molecular flexibility index (Phi) is 2.73. The van der Waals surface area contributed by atoms with Crippen LogP contribution in [0.2, 0.25) is 0 Å². The van der Waals surface area contributed by atoms with Gasteiger partial charge in [0.1, 0.15) is 0 Å². The molecule has 0 radical (unpaired) electrons. The second-order valence-electron chi connectivity index (χ2n) is 3.73. The lowest BCUT2D eigenvalue weighted by molar-refractivity contribution is 0.595. The van der Waals surface area contributed by atoms with E-state index in [1.807, 2.05) is 19.1 Å². The fourth-order valence-corrected chi connectivity index (χ4v) is 3.87. The van der Waals surface area contributed by atoms with Crippen LogP contribution >= 0.6 is 15.9 Å². The van der Waals surface area contributed by atoms with Gasteiger partial charge in [-0.1, -0.05) is 33.6 Å². The fraction of sp³-hybridized carbons (Fsp3) is 0.273. The van der Waals surface area contributed by atoms with Crippen LogP contribution in [0.4, 0.5) is 0 Å². The molecular formula is C11H11BrO2S. The minimum Gasteiger partial charge on any atom is -0.223 e. The molecule has 1 saturated carbocycles. The van der Waals surface area contributed by atoms with E-state index in [2.05, 4.69) is 15.9 Å².